The number of ketones is 2. The third-order valence-corrected chi connectivity index (χ3v) is 8.80. The van der Waals surface area contributed by atoms with Crippen LogP contribution in [0.2, 0.25) is 0 Å². The van der Waals surface area contributed by atoms with Crippen LogP contribution in [0.3, 0.4) is 0 Å². The predicted octanol–water partition coefficient (Wildman–Crippen LogP) is 1.93. The zero-order valence-electron chi connectivity index (χ0n) is 15.8. The second-order valence-electron chi connectivity index (χ2n) is 9.59. The minimum atomic E-state index is -1.55. The van der Waals surface area contributed by atoms with Crippen LogP contribution < -0.4 is 0 Å². The van der Waals surface area contributed by atoms with Gasteiger partial charge >= 0.3 is 0 Å². The largest absolute Gasteiger partial charge is 0.389 e. The van der Waals surface area contributed by atoms with Crippen LogP contribution in [0.25, 0.3) is 0 Å². The lowest BCUT2D eigenvalue weighted by Gasteiger charge is -2.62. The minimum Gasteiger partial charge on any atom is -0.389 e. The second-order valence-corrected chi connectivity index (χ2v) is 9.59. The van der Waals surface area contributed by atoms with Crippen molar-refractivity contribution in [2.45, 2.75) is 76.4 Å². The maximum Gasteiger partial charge on any atom is 0.190 e. The Balaban J connectivity index is 1.75. The molecule has 0 radical (unpaired) electrons. The van der Waals surface area contributed by atoms with Crippen LogP contribution in [-0.4, -0.2) is 44.7 Å². The predicted molar refractivity (Wildman–Crippen MR) is 95.2 cm³/mol. The van der Waals surface area contributed by atoms with Gasteiger partial charge in [-0.2, -0.15) is 0 Å². The Hall–Kier alpha value is -1.04. The Morgan fingerprint density at radius 3 is 2.46 bits per heavy atom. The van der Waals surface area contributed by atoms with Crippen molar-refractivity contribution in [1.29, 1.82) is 0 Å². The summed E-state index contributed by atoms with van der Waals surface area (Å²) in [5, 5.41) is 32.4. The number of hydrogen-bond acceptors (Lipinski definition) is 5. The summed E-state index contributed by atoms with van der Waals surface area (Å²) in [5.41, 5.74) is -2.19. The monoisotopic (exact) mass is 362 g/mol. The summed E-state index contributed by atoms with van der Waals surface area (Å²) in [6.45, 7) is 3.45. The Kier molecular flexibility index (Phi) is 3.87. The van der Waals surface area contributed by atoms with E-state index in [2.05, 4.69) is 6.92 Å². The van der Waals surface area contributed by atoms with Crippen LogP contribution >= 0.6 is 0 Å². The molecule has 144 valence electrons. The van der Waals surface area contributed by atoms with Crippen molar-refractivity contribution in [3.8, 4) is 0 Å². The topological polar surface area (TPSA) is 94.8 Å². The molecule has 0 amide bonds. The van der Waals surface area contributed by atoms with Crippen molar-refractivity contribution in [2.24, 2.45) is 22.7 Å². The van der Waals surface area contributed by atoms with Crippen LogP contribution in [0.4, 0.5) is 0 Å². The van der Waals surface area contributed by atoms with Crippen LogP contribution in [0.15, 0.2) is 11.6 Å². The highest BCUT2D eigenvalue weighted by Crippen LogP contribution is 2.69. The van der Waals surface area contributed by atoms with Crippen LogP contribution in [-0.2, 0) is 9.59 Å². The number of aliphatic hydroxyl groups excluding tert-OH is 1. The van der Waals surface area contributed by atoms with Crippen molar-refractivity contribution in [3.63, 3.8) is 0 Å². The Morgan fingerprint density at radius 2 is 1.77 bits per heavy atom. The molecule has 0 aromatic carbocycles. The van der Waals surface area contributed by atoms with Gasteiger partial charge in [-0.25, -0.2) is 0 Å². The number of fused-ring (bicyclic) bond motifs is 5. The first-order valence-electron chi connectivity index (χ1n) is 9.95. The zero-order chi connectivity index (χ0) is 19.0. The number of Topliss-reactive ketones (excluding diaryl/α,β-unsaturated/α-hetero) is 1. The van der Waals surface area contributed by atoms with Crippen molar-refractivity contribution in [3.05, 3.63) is 11.6 Å². The first-order chi connectivity index (χ1) is 12.1. The lowest BCUT2D eigenvalue weighted by Crippen LogP contribution is -2.65. The highest BCUT2D eigenvalue weighted by molar-refractivity contribution is 5.92. The molecule has 0 aromatic heterocycles. The van der Waals surface area contributed by atoms with Gasteiger partial charge in [-0.3, -0.25) is 9.59 Å². The third kappa shape index (κ3) is 2.02. The molecule has 0 saturated heterocycles. The Morgan fingerprint density at radius 1 is 1.08 bits per heavy atom. The van der Waals surface area contributed by atoms with Crippen LogP contribution in [0, 0.1) is 22.7 Å². The van der Waals surface area contributed by atoms with Gasteiger partial charge in [0.1, 0.15) is 12.2 Å². The smallest absolute Gasteiger partial charge is 0.190 e. The van der Waals surface area contributed by atoms with Gasteiger partial charge in [-0.05, 0) is 68.3 Å². The molecule has 4 rings (SSSR count). The van der Waals surface area contributed by atoms with Gasteiger partial charge in [0.15, 0.2) is 11.6 Å². The number of carbonyl (C=O) groups is 2. The fraction of sp³-hybridized carbons (Fsp3) is 0.810. The Bertz CT molecular complexity index is 699. The average molecular weight is 362 g/mol. The highest BCUT2D eigenvalue weighted by Gasteiger charge is 2.70. The molecule has 3 fully saturated rings. The second kappa shape index (κ2) is 5.49. The van der Waals surface area contributed by atoms with E-state index in [1.807, 2.05) is 6.92 Å². The van der Waals surface area contributed by atoms with E-state index in [1.165, 1.54) is 5.57 Å². The van der Waals surface area contributed by atoms with E-state index in [9.17, 15) is 24.9 Å². The SMILES string of the molecule is CC12CCC(=O)C=C1CCC1(O)C2CCC2(C)C1CCC2(O)C(=O)CO. The minimum absolute atomic E-state index is 0.0488. The lowest BCUT2D eigenvalue weighted by atomic mass is 9.44. The first kappa shape index (κ1) is 18.3. The molecule has 26 heavy (non-hydrogen) atoms. The van der Waals surface area contributed by atoms with E-state index >= 15 is 0 Å². The van der Waals surface area contributed by atoms with E-state index in [0.717, 1.165) is 12.8 Å². The molecule has 0 spiro atoms. The van der Waals surface area contributed by atoms with E-state index < -0.39 is 29.0 Å². The van der Waals surface area contributed by atoms with Gasteiger partial charge < -0.3 is 15.3 Å². The molecule has 0 bridgehead atoms. The molecular formula is C21H30O5. The average Bonchev–Trinajstić information content (AvgIpc) is 2.88. The molecule has 4 aliphatic carbocycles. The summed E-state index contributed by atoms with van der Waals surface area (Å²) >= 11 is 0. The number of hydrogen-bond donors (Lipinski definition) is 3. The normalized spacial score (nSPS) is 50.5. The fourth-order valence-corrected chi connectivity index (χ4v) is 7.24. The van der Waals surface area contributed by atoms with Gasteiger partial charge in [0.25, 0.3) is 0 Å². The van der Waals surface area contributed by atoms with Gasteiger partial charge in [0.2, 0.25) is 0 Å². The van der Waals surface area contributed by atoms with Gasteiger partial charge in [0, 0.05) is 11.8 Å². The van der Waals surface area contributed by atoms with Gasteiger partial charge in [0.05, 0.1) is 5.60 Å². The summed E-state index contributed by atoms with van der Waals surface area (Å²) in [6, 6.07) is 0. The summed E-state index contributed by atoms with van der Waals surface area (Å²) in [4.78, 5) is 24.3. The van der Waals surface area contributed by atoms with E-state index in [1.54, 1.807) is 6.08 Å². The molecule has 6 atom stereocenters. The van der Waals surface area contributed by atoms with Crippen molar-refractivity contribution in [2.75, 3.05) is 6.61 Å². The molecule has 3 saturated carbocycles. The van der Waals surface area contributed by atoms with Crippen molar-refractivity contribution in [1.82, 2.24) is 0 Å². The molecule has 4 aliphatic rings. The van der Waals surface area contributed by atoms with Crippen molar-refractivity contribution >= 4 is 11.6 Å². The maximum atomic E-state index is 12.4. The number of carbonyl (C=O) groups excluding carboxylic acids is 2. The molecule has 6 unspecified atom stereocenters. The molecule has 5 nitrogen and oxygen atoms in total. The third-order valence-electron chi connectivity index (χ3n) is 8.80. The summed E-state index contributed by atoms with van der Waals surface area (Å²) in [6.07, 6.45) is 6.67. The molecule has 0 aliphatic heterocycles. The van der Waals surface area contributed by atoms with E-state index in [0.29, 0.717) is 38.5 Å². The first-order valence-corrected chi connectivity index (χ1v) is 9.95. The summed E-state index contributed by atoms with van der Waals surface area (Å²) in [5.74, 6) is -0.444. The van der Waals surface area contributed by atoms with Crippen LogP contribution in [0.1, 0.15) is 65.2 Å². The molecular weight excluding hydrogens is 332 g/mol. The molecule has 0 aromatic rings. The standard InChI is InChI=1S/C21H30O5/c1-18-7-4-14(23)11-13(18)3-9-20(25)15(18)5-8-19(2)16(20)6-10-21(19,26)17(24)12-22/h11,15-16,22,25-26H,3-10,12H2,1-2H3. The lowest BCUT2D eigenvalue weighted by molar-refractivity contribution is -0.211. The van der Waals surface area contributed by atoms with E-state index in [-0.39, 0.29) is 23.0 Å². The zero-order valence-corrected chi connectivity index (χ0v) is 15.8. The quantitative estimate of drug-likeness (QED) is 0.698. The van der Waals surface area contributed by atoms with Gasteiger partial charge in [-0.1, -0.05) is 19.4 Å². The molecule has 5 heteroatoms. The van der Waals surface area contributed by atoms with Crippen LogP contribution in [0.5, 0.6) is 0 Å². The summed E-state index contributed by atoms with van der Waals surface area (Å²) in [7, 11) is 0. The fourth-order valence-electron chi connectivity index (χ4n) is 7.24. The molecule has 0 heterocycles. The maximum absolute atomic E-state index is 12.4. The Labute approximate surface area is 154 Å². The number of rotatable bonds is 2. The summed E-state index contributed by atoms with van der Waals surface area (Å²) < 4.78 is 0. The van der Waals surface area contributed by atoms with E-state index in [4.69, 9.17) is 0 Å². The molecule has 3 N–H and O–H groups in total. The van der Waals surface area contributed by atoms with Gasteiger partial charge in [-0.15, -0.1) is 0 Å². The number of aliphatic hydroxyl groups is 3. The highest BCUT2D eigenvalue weighted by atomic mass is 16.3. The number of allylic oxidation sites excluding steroid dienone is 1. The van der Waals surface area contributed by atoms with Crippen molar-refractivity contribution < 1.29 is 24.9 Å².